The lowest BCUT2D eigenvalue weighted by atomic mass is 10.1. The van der Waals surface area contributed by atoms with Gasteiger partial charge in [-0.15, -0.1) is 0 Å². The molecule has 0 bridgehead atoms. The van der Waals surface area contributed by atoms with Gasteiger partial charge in [0.1, 0.15) is 0 Å². The van der Waals surface area contributed by atoms with E-state index in [2.05, 4.69) is 36.2 Å². The third kappa shape index (κ3) is 3.99. The molecule has 18 heavy (non-hydrogen) atoms. The van der Waals surface area contributed by atoms with E-state index in [1.807, 2.05) is 0 Å². The van der Waals surface area contributed by atoms with Crippen molar-refractivity contribution in [2.45, 2.75) is 32.0 Å². The van der Waals surface area contributed by atoms with E-state index in [9.17, 15) is 9.59 Å². The van der Waals surface area contributed by atoms with Gasteiger partial charge in [-0.25, -0.2) is 0 Å². The number of rotatable bonds is 6. The van der Waals surface area contributed by atoms with Crippen molar-refractivity contribution in [1.82, 2.24) is 20.1 Å². The lowest BCUT2D eigenvalue weighted by Crippen LogP contribution is -2.37. The molecule has 1 rings (SSSR count). The maximum Gasteiger partial charge on any atom is 0.339 e. The highest BCUT2D eigenvalue weighted by Gasteiger charge is 2.14. The van der Waals surface area contributed by atoms with Gasteiger partial charge >= 0.3 is 11.1 Å². The Bertz CT molecular complexity index is 495. The summed E-state index contributed by atoms with van der Waals surface area (Å²) in [5.41, 5.74) is -1.42. The van der Waals surface area contributed by atoms with Gasteiger partial charge in [-0.05, 0) is 12.5 Å². The van der Waals surface area contributed by atoms with Crippen molar-refractivity contribution in [1.29, 1.82) is 0 Å². The van der Waals surface area contributed by atoms with Gasteiger partial charge in [0.25, 0.3) is 0 Å². The van der Waals surface area contributed by atoms with Crippen molar-refractivity contribution in [2.75, 3.05) is 12.3 Å². The number of H-pyrrole nitrogens is 1. The number of aromatic amines is 1. The summed E-state index contributed by atoms with van der Waals surface area (Å²) in [6, 6.07) is 0.351. The maximum absolute atomic E-state index is 11.2. The molecule has 0 spiro atoms. The molecule has 6 nitrogen and oxygen atoms in total. The first-order valence-corrected chi connectivity index (χ1v) is 6.97. The van der Waals surface area contributed by atoms with E-state index < -0.39 is 11.1 Å². The van der Waals surface area contributed by atoms with Crippen molar-refractivity contribution in [2.24, 2.45) is 13.0 Å². The van der Waals surface area contributed by atoms with E-state index in [4.69, 9.17) is 0 Å². The fraction of sp³-hybridized carbons (Fsp3) is 0.727. The summed E-state index contributed by atoms with van der Waals surface area (Å²) in [4.78, 5) is 26.0. The van der Waals surface area contributed by atoms with Crippen LogP contribution in [0.5, 0.6) is 0 Å². The summed E-state index contributed by atoms with van der Waals surface area (Å²) < 4.78 is 1.48. The summed E-state index contributed by atoms with van der Waals surface area (Å²) >= 11 is 1.47. The largest absolute Gasteiger partial charge is 0.339 e. The molecule has 0 aromatic carbocycles. The molecule has 0 aliphatic rings. The van der Waals surface area contributed by atoms with Crippen LogP contribution in [0.4, 0.5) is 0 Å². The van der Waals surface area contributed by atoms with Gasteiger partial charge < -0.3 is 5.32 Å². The van der Waals surface area contributed by atoms with Gasteiger partial charge in [-0.2, -0.15) is 4.98 Å². The minimum Gasteiger partial charge on any atom is -0.313 e. The Balaban J connectivity index is 2.76. The molecule has 0 saturated carbocycles. The fourth-order valence-electron chi connectivity index (χ4n) is 1.50. The highest BCUT2D eigenvalue weighted by molar-refractivity contribution is 7.99. The van der Waals surface area contributed by atoms with Crippen molar-refractivity contribution in [3.63, 3.8) is 0 Å². The molecule has 0 aliphatic heterocycles. The Hall–Kier alpha value is -1.08. The summed E-state index contributed by atoms with van der Waals surface area (Å²) in [5, 5.41) is 6.36. The Morgan fingerprint density at radius 1 is 1.44 bits per heavy atom. The van der Waals surface area contributed by atoms with Crippen molar-refractivity contribution in [3.8, 4) is 0 Å². The van der Waals surface area contributed by atoms with Gasteiger partial charge in [-0.3, -0.25) is 19.4 Å². The third-order valence-corrected chi connectivity index (χ3v) is 3.76. The summed E-state index contributed by atoms with van der Waals surface area (Å²) in [6.07, 6.45) is 0. The number of hydrogen-bond donors (Lipinski definition) is 2. The molecule has 0 amide bonds. The smallest absolute Gasteiger partial charge is 0.313 e. The Kier molecular flexibility index (Phi) is 5.61. The molecular formula is C11H20N4O2S. The minimum absolute atomic E-state index is 0.351. The van der Waals surface area contributed by atoms with Crippen LogP contribution in [0.15, 0.2) is 14.7 Å². The monoisotopic (exact) mass is 272 g/mol. The van der Waals surface area contributed by atoms with Crippen LogP contribution < -0.4 is 16.4 Å². The first-order valence-electron chi connectivity index (χ1n) is 5.99. The SMILES string of the molecule is CCNC(CSc1nc(=O)c(=O)[nH]n1C)C(C)C. The molecule has 1 aromatic rings. The highest BCUT2D eigenvalue weighted by Crippen LogP contribution is 2.16. The number of aromatic nitrogens is 3. The normalized spacial score (nSPS) is 12.9. The topological polar surface area (TPSA) is 79.8 Å². The Morgan fingerprint density at radius 2 is 2.11 bits per heavy atom. The lowest BCUT2D eigenvalue weighted by molar-refractivity contribution is 0.442. The fourth-order valence-corrected chi connectivity index (χ4v) is 2.72. The molecule has 1 aromatic heterocycles. The van der Waals surface area contributed by atoms with Crippen molar-refractivity contribution >= 4 is 11.8 Å². The van der Waals surface area contributed by atoms with Crippen LogP contribution >= 0.6 is 11.8 Å². The highest BCUT2D eigenvalue weighted by atomic mass is 32.2. The zero-order chi connectivity index (χ0) is 13.7. The molecule has 1 unspecified atom stereocenters. The maximum atomic E-state index is 11.2. The molecule has 102 valence electrons. The zero-order valence-electron chi connectivity index (χ0n) is 11.2. The van der Waals surface area contributed by atoms with Crippen LogP contribution in [-0.2, 0) is 7.05 Å². The van der Waals surface area contributed by atoms with E-state index in [0.29, 0.717) is 17.1 Å². The third-order valence-electron chi connectivity index (χ3n) is 2.61. The molecule has 0 saturated heterocycles. The summed E-state index contributed by atoms with van der Waals surface area (Å²) in [6.45, 7) is 7.26. The van der Waals surface area contributed by atoms with Gasteiger partial charge in [0.05, 0.1) is 0 Å². The molecule has 0 aliphatic carbocycles. The molecule has 0 fully saturated rings. The molecule has 2 N–H and O–H groups in total. The minimum atomic E-state index is -0.736. The molecule has 0 radical (unpaired) electrons. The molecule has 1 heterocycles. The predicted molar refractivity (Wildman–Crippen MR) is 73.1 cm³/mol. The lowest BCUT2D eigenvalue weighted by Gasteiger charge is -2.21. The van der Waals surface area contributed by atoms with E-state index in [-0.39, 0.29) is 0 Å². The van der Waals surface area contributed by atoms with Gasteiger partial charge in [0.2, 0.25) is 0 Å². The summed E-state index contributed by atoms with van der Waals surface area (Å²) in [7, 11) is 1.67. The van der Waals surface area contributed by atoms with Crippen LogP contribution in [0.2, 0.25) is 0 Å². The first kappa shape index (κ1) is 15.0. The van der Waals surface area contributed by atoms with E-state index >= 15 is 0 Å². The number of hydrogen-bond acceptors (Lipinski definition) is 5. The van der Waals surface area contributed by atoms with Gasteiger partial charge in [-0.1, -0.05) is 32.5 Å². The average molecular weight is 272 g/mol. The molecule has 1 atom stereocenters. The second-order valence-electron chi connectivity index (χ2n) is 4.42. The van der Waals surface area contributed by atoms with Crippen LogP contribution in [0.25, 0.3) is 0 Å². The van der Waals surface area contributed by atoms with Crippen LogP contribution in [0, 0.1) is 5.92 Å². The second-order valence-corrected chi connectivity index (χ2v) is 5.41. The van der Waals surface area contributed by atoms with E-state index in [1.54, 1.807) is 7.05 Å². The predicted octanol–water partition coefficient (Wildman–Crippen LogP) is 0.195. The number of thioether (sulfide) groups is 1. The Morgan fingerprint density at radius 3 is 2.67 bits per heavy atom. The molecule has 7 heteroatoms. The first-order chi connectivity index (χ1) is 8.45. The number of aryl methyl sites for hydroxylation is 1. The van der Waals surface area contributed by atoms with Crippen LogP contribution in [0.3, 0.4) is 0 Å². The van der Waals surface area contributed by atoms with Crippen LogP contribution in [-0.4, -0.2) is 33.1 Å². The zero-order valence-corrected chi connectivity index (χ0v) is 12.0. The van der Waals surface area contributed by atoms with E-state index in [0.717, 1.165) is 12.3 Å². The van der Waals surface area contributed by atoms with Crippen LogP contribution in [0.1, 0.15) is 20.8 Å². The Labute approximate surface area is 110 Å². The summed E-state index contributed by atoms with van der Waals surface area (Å²) in [5.74, 6) is 1.30. The van der Waals surface area contributed by atoms with Gasteiger partial charge in [0, 0.05) is 18.8 Å². The quantitative estimate of drug-likeness (QED) is 0.571. The van der Waals surface area contributed by atoms with Crippen molar-refractivity contribution in [3.05, 3.63) is 20.7 Å². The number of nitrogens with one attached hydrogen (secondary N) is 2. The van der Waals surface area contributed by atoms with E-state index in [1.165, 1.54) is 16.4 Å². The standard InChI is InChI=1S/C11H20N4O2S/c1-5-12-8(7(2)3)6-18-11-13-9(16)10(17)14-15(11)4/h7-8,12H,5-6H2,1-4H3,(H,14,17). The second kappa shape index (κ2) is 6.75. The average Bonchev–Trinajstić information content (AvgIpc) is 2.30. The van der Waals surface area contributed by atoms with Crippen molar-refractivity contribution < 1.29 is 0 Å². The van der Waals surface area contributed by atoms with Gasteiger partial charge in [0.15, 0.2) is 5.16 Å². The molecular weight excluding hydrogens is 252 g/mol. The number of nitrogens with zero attached hydrogens (tertiary/aromatic N) is 2.